The van der Waals surface area contributed by atoms with Crippen molar-refractivity contribution in [3.8, 4) is 11.8 Å². The minimum absolute atomic E-state index is 0.162. The van der Waals surface area contributed by atoms with Crippen LogP contribution in [0.5, 0.6) is 0 Å². The molecule has 5 heteroatoms. The second-order valence-corrected chi connectivity index (χ2v) is 4.74. The molecule has 0 aliphatic heterocycles. The molecule has 0 radical (unpaired) electrons. The summed E-state index contributed by atoms with van der Waals surface area (Å²) >= 11 is 5.95. The first kappa shape index (κ1) is 13.6. The first-order chi connectivity index (χ1) is 10.2. The van der Waals surface area contributed by atoms with Crippen LogP contribution in [-0.2, 0) is 6.42 Å². The molecule has 21 heavy (non-hydrogen) atoms. The van der Waals surface area contributed by atoms with Crippen molar-refractivity contribution in [1.29, 1.82) is 0 Å². The molecule has 0 aliphatic rings. The number of pyridine rings is 1. The van der Waals surface area contributed by atoms with Gasteiger partial charge in [-0.15, -0.1) is 0 Å². The largest absolute Gasteiger partial charge is 0.439 e. The molecule has 0 atom stereocenters. The van der Waals surface area contributed by atoms with E-state index in [1.807, 2.05) is 18.2 Å². The smallest absolute Gasteiger partial charge is 0.196 e. The van der Waals surface area contributed by atoms with E-state index < -0.39 is 5.82 Å². The number of hydrogen-bond acceptors (Lipinski definition) is 3. The topological polar surface area (TPSA) is 38.9 Å². The van der Waals surface area contributed by atoms with Gasteiger partial charge in [0, 0.05) is 19.0 Å². The van der Waals surface area contributed by atoms with Crippen molar-refractivity contribution in [2.75, 3.05) is 0 Å². The fraction of sp³-hybridized carbons (Fsp3) is 0.125. The Bertz CT molecular complexity index is 795. The molecule has 2 heterocycles. The zero-order chi connectivity index (χ0) is 14.7. The third-order valence-corrected chi connectivity index (χ3v) is 3.13. The quantitative estimate of drug-likeness (QED) is 0.672. The summed E-state index contributed by atoms with van der Waals surface area (Å²) < 4.78 is 19.0. The zero-order valence-corrected chi connectivity index (χ0v) is 11.7. The molecule has 0 bridgehead atoms. The Labute approximate surface area is 125 Å². The molecule has 0 saturated heterocycles. The van der Waals surface area contributed by atoms with E-state index in [1.54, 1.807) is 6.20 Å². The maximum Gasteiger partial charge on any atom is 0.196 e. The summed E-state index contributed by atoms with van der Waals surface area (Å²) in [7, 11) is 0. The van der Waals surface area contributed by atoms with Crippen molar-refractivity contribution in [1.82, 2.24) is 9.97 Å². The maximum atomic E-state index is 13.6. The second kappa shape index (κ2) is 5.94. The van der Waals surface area contributed by atoms with Gasteiger partial charge < -0.3 is 4.42 Å². The van der Waals surface area contributed by atoms with Crippen LogP contribution in [0.1, 0.15) is 18.0 Å². The van der Waals surface area contributed by atoms with Crippen molar-refractivity contribution in [3.63, 3.8) is 0 Å². The van der Waals surface area contributed by atoms with Crippen LogP contribution in [0.3, 0.4) is 0 Å². The molecule has 3 rings (SSSR count). The molecule has 104 valence electrons. The van der Waals surface area contributed by atoms with Crippen LogP contribution < -0.4 is 0 Å². The van der Waals surface area contributed by atoms with Crippen molar-refractivity contribution >= 4 is 22.7 Å². The summed E-state index contributed by atoms with van der Waals surface area (Å²) in [4.78, 5) is 8.21. The summed E-state index contributed by atoms with van der Waals surface area (Å²) in [5.74, 6) is 5.91. The third-order valence-electron chi connectivity index (χ3n) is 2.84. The average Bonchev–Trinajstić information content (AvgIpc) is 2.94. The van der Waals surface area contributed by atoms with E-state index in [4.69, 9.17) is 16.0 Å². The highest BCUT2D eigenvalue weighted by Gasteiger charge is 2.12. The number of nitrogens with zero attached hydrogens (tertiary/aromatic N) is 2. The summed E-state index contributed by atoms with van der Waals surface area (Å²) in [5, 5.41) is 0.352. The fourth-order valence-electron chi connectivity index (χ4n) is 1.86. The normalized spacial score (nSPS) is 10.4. The highest BCUT2D eigenvalue weighted by atomic mass is 35.5. The maximum absolute atomic E-state index is 13.6. The lowest BCUT2D eigenvalue weighted by Gasteiger charge is -1.90. The first-order valence-corrected chi connectivity index (χ1v) is 6.75. The predicted molar refractivity (Wildman–Crippen MR) is 78.4 cm³/mol. The van der Waals surface area contributed by atoms with Crippen molar-refractivity contribution in [3.05, 3.63) is 59.0 Å². The van der Waals surface area contributed by atoms with E-state index in [2.05, 4.69) is 21.8 Å². The molecular weight excluding hydrogens is 291 g/mol. The molecule has 3 nitrogen and oxygen atoms in total. The zero-order valence-electron chi connectivity index (χ0n) is 10.9. The lowest BCUT2D eigenvalue weighted by atomic mass is 10.3. The standard InChI is InChI=1S/C16H10ClFN2O/c17-12-8-9-13(18)15-16(12)21-14(20-15)7-2-1-5-11-6-3-4-10-19-11/h3-4,6,8-10H,2,7H2. The summed E-state index contributed by atoms with van der Waals surface area (Å²) in [6.45, 7) is 0. The predicted octanol–water partition coefficient (Wildman–Crippen LogP) is 4.00. The lowest BCUT2D eigenvalue weighted by Crippen LogP contribution is -1.84. The molecule has 0 aliphatic carbocycles. The SMILES string of the molecule is Fc1ccc(Cl)c2oc(CCC#Cc3ccccn3)nc12. The van der Waals surface area contributed by atoms with E-state index in [0.717, 1.165) is 0 Å². The van der Waals surface area contributed by atoms with Crippen molar-refractivity contribution < 1.29 is 8.81 Å². The lowest BCUT2D eigenvalue weighted by molar-refractivity contribution is 0.531. The Balaban J connectivity index is 1.73. The van der Waals surface area contributed by atoms with E-state index >= 15 is 0 Å². The minimum Gasteiger partial charge on any atom is -0.439 e. The monoisotopic (exact) mass is 300 g/mol. The fourth-order valence-corrected chi connectivity index (χ4v) is 2.05. The van der Waals surface area contributed by atoms with E-state index in [9.17, 15) is 4.39 Å². The van der Waals surface area contributed by atoms with Gasteiger partial charge in [-0.2, -0.15) is 0 Å². The van der Waals surface area contributed by atoms with Crippen LogP contribution in [0.15, 0.2) is 40.9 Å². The molecular formula is C16H10ClFN2O. The van der Waals surface area contributed by atoms with Crippen LogP contribution >= 0.6 is 11.6 Å². The summed E-state index contributed by atoms with van der Waals surface area (Å²) in [6.07, 6.45) is 2.72. The Kier molecular flexibility index (Phi) is 3.85. The molecule has 0 N–H and O–H groups in total. The van der Waals surface area contributed by atoms with Gasteiger partial charge in [0.1, 0.15) is 11.2 Å². The van der Waals surface area contributed by atoms with E-state index in [-0.39, 0.29) is 11.1 Å². The van der Waals surface area contributed by atoms with Crippen molar-refractivity contribution in [2.45, 2.75) is 12.8 Å². The van der Waals surface area contributed by atoms with Gasteiger partial charge in [-0.05, 0) is 30.2 Å². The van der Waals surface area contributed by atoms with Crippen LogP contribution in [0.25, 0.3) is 11.1 Å². The van der Waals surface area contributed by atoms with Gasteiger partial charge in [0.2, 0.25) is 0 Å². The summed E-state index contributed by atoms with van der Waals surface area (Å²) in [6, 6.07) is 8.28. The van der Waals surface area contributed by atoms with Crippen LogP contribution in [0.2, 0.25) is 5.02 Å². The Morgan fingerprint density at radius 1 is 1.24 bits per heavy atom. The summed E-state index contributed by atoms with van der Waals surface area (Å²) in [5.41, 5.74) is 1.16. The van der Waals surface area contributed by atoms with Crippen molar-refractivity contribution in [2.24, 2.45) is 0 Å². The van der Waals surface area contributed by atoms with Crippen LogP contribution in [-0.4, -0.2) is 9.97 Å². The van der Waals surface area contributed by atoms with Gasteiger partial charge in [0.05, 0.1) is 5.02 Å². The highest BCUT2D eigenvalue weighted by Crippen LogP contribution is 2.26. The molecule has 2 aromatic heterocycles. The van der Waals surface area contributed by atoms with Crippen LogP contribution in [0, 0.1) is 17.7 Å². The number of halogens is 2. The van der Waals surface area contributed by atoms with Gasteiger partial charge in [-0.1, -0.05) is 23.6 Å². The number of oxazole rings is 1. The third kappa shape index (κ3) is 3.04. The molecule has 0 saturated carbocycles. The second-order valence-electron chi connectivity index (χ2n) is 4.33. The van der Waals surface area contributed by atoms with Crippen LogP contribution in [0.4, 0.5) is 4.39 Å². The van der Waals surface area contributed by atoms with Gasteiger partial charge in [-0.25, -0.2) is 14.4 Å². The van der Waals surface area contributed by atoms with Gasteiger partial charge in [-0.3, -0.25) is 0 Å². The Morgan fingerprint density at radius 2 is 2.14 bits per heavy atom. The average molecular weight is 301 g/mol. The molecule has 1 aromatic carbocycles. The number of benzene rings is 1. The number of fused-ring (bicyclic) bond motifs is 1. The van der Waals surface area contributed by atoms with Gasteiger partial charge in [0.25, 0.3) is 0 Å². The molecule has 0 fully saturated rings. The number of rotatable bonds is 2. The molecule has 0 unspecified atom stereocenters. The highest BCUT2D eigenvalue weighted by molar-refractivity contribution is 6.34. The van der Waals surface area contributed by atoms with E-state index in [1.165, 1.54) is 12.1 Å². The van der Waals surface area contributed by atoms with E-state index in [0.29, 0.717) is 29.4 Å². The molecule has 0 amide bonds. The minimum atomic E-state index is -0.441. The number of aryl methyl sites for hydroxylation is 1. The Morgan fingerprint density at radius 3 is 2.90 bits per heavy atom. The number of aromatic nitrogens is 2. The van der Waals surface area contributed by atoms with Gasteiger partial charge >= 0.3 is 0 Å². The molecule has 3 aromatic rings. The first-order valence-electron chi connectivity index (χ1n) is 6.37. The number of hydrogen-bond donors (Lipinski definition) is 0. The molecule has 0 spiro atoms. The Hall–Kier alpha value is -2.38. The van der Waals surface area contributed by atoms with Gasteiger partial charge in [0.15, 0.2) is 17.3 Å².